The second kappa shape index (κ2) is 8.28. The maximum atomic E-state index is 12.9. The van der Waals surface area contributed by atoms with Gasteiger partial charge in [-0.15, -0.1) is 0 Å². The molecule has 172 valence electrons. The van der Waals surface area contributed by atoms with E-state index in [1.54, 1.807) is 41.8 Å². The van der Waals surface area contributed by atoms with Crippen molar-refractivity contribution in [2.75, 3.05) is 24.7 Å². The van der Waals surface area contributed by atoms with Gasteiger partial charge in [-0.2, -0.15) is 0 Å². The number of hydrogen-bond donors (Lipinski definition) is 1. The normalized spacial score (nSPS) is 14.5. The molecule has 0 spiro atoms. The molecule has 1 saturated carbocycles. The van der Waals surface area contributed by atoms with Crippen LogP contribution in [0.1, 0.15) is 26.2 Å². The number of fused-ring (bicyclic) bond motifs is 1. The zero-order valence-corrected chi connectivity index (χ0v) is 19.7. The fourth-order valence-electron chi connectivity index (χ4n) is 3.57. The van der Waals surface area contributed by atoms with Gasteiger partial charge in [-0.25, -0.2) is 21.8 Å². The Labute approximate surface area is 187 Å². The summed E-state index contributed by atoms with van der Waals surface area (Å²) in [4.78, 5) is 4.50. The van der Waals surface area contributed by atoms with Crippen molar-refractivity contribution in [1.29, 1.82) is 0 Å². The molecule has 1 fully saturated rings. The third-order valence-electron chi connectivity index (χ3n) is 5.30. The van der Waals surface area contributed by atoms with E-state index in [1.165, 1.54) is 20.4 Å². The summed E-state index contributed by atoms with van der Waals surface area (Å²) in [7, 11) is -4.15. The van der Waals surface area contributed by atoms with E-state index in [4.69, 9.17) is 9.47 Å². The largest absolute Gasteiger partial charge is 0.495 e. The van der Waals surface area contributed by atoms with Gasteiger partial charge in [0.15, 0.2) is 9.84 Å². The summed E-state index contributed by atoms with van der Waals surface area (Å²) in [6.07, 6.45) is 4.88. The number of nitrogens with one attached hydrogen (secondary N) is 1. The van der Waals surface area contributed by atoms with E-state index in [9.17, 15) is 16.8 Å². The van der Waals surface area contributed by atoms with E-state index in [-0.39, 0.29) is 21.6 Å². The Kier molecular flexibility index (Phi) is 5.80. The fraction of sp³-hybridized carbons (Fsp3) is 0.381. The van der Waals surface area contributed by atoms with Gasteiger partial charge in [0.05, 0.1) is 42.8 Å². The van der Waals surface area contributed by atoms with Crippen molar-refractivity contribution < 1.29 is 26.3 Å². The van der Waals surface area contributed by atoms with Crippen LogP contribution in [0, 0.1) is 0 Å². The lowest BCUT2D eigenvalue weighted by molar-refractivity contribution is 0.402. The van der Waals surface area contributed by atoms with Crippen molar-refractivity contribution in [1.82, 2.24) is 9.38 Å². The molecule has 32 heavy (non-hydrogen) atoms. The minimum Gasteiger partial charge on any atom is -0.495 e. The van der Waals surface area contributed by atoms with Gasteiger partial charge in [0, 0.05) is 17.8 Å². The predicted molar refractivity (Wildman–Crippen MR) is 122 cm³/mol. The number of aromatic nitrogens is 2. The number of benzene rings is 1. The Morgan fingerprint density at radius 3 is 2.44 bits per heavy atom. The molecule has 0 unspecified atom stereocenters. The average molecular weight is 480 g/mol. The van der Waals surface area contributed by atoms with Gasteiger partial charge in [0.2, 0.25) is 10.0 Å². The first-order valence-corrected chi connectivity index (χ1v) is 13.4. The van der Waals surface area contributed by atoms with E-state index < -0.39 is 19.9 Å². The van der Waals surface area contributed by atoms with Crippen molar-refractivity contribution >= 4 is 31.2 Å². The Balaban J connectivity index is 1.84. The van der Waals surface area contributed by atoms with Gasteiger partial charge in [-0.3, -0.25) is 9.12 Å². The van der Waals surface area contributed by atoms with E-state index in [2.05, 4.69) is 9.71 Å². The topological polar surface area (TPSA) is 116 Å². The van der Waals surface area contributed by atoms with Crippen LogP contribution in [0.3, 0.4) is 0 Å². The molecule has 1 N–H and O–H groups in total. The summed E-state index contributed by atoms with van der Waals surface area (Å²) < 4.78 is 65.4. The number of anilines is 1. The van der Waals surface area contributed by atoms with Crippen LogP contribution >= 0.6 is 0 Å². The highest BCUT2D eigenvalue weighted by molar-refractivity contribution is 7.92. The first kappa shape index (κ1) is 22.4. The summed E-state index contributed by atoms with van der Waals surface area (Å²) in [6.45, 7) is 1.78. The van der Waals surface area contributed by atoms with Gasteiger partial charge in [-0.05, 0) is 37.5 Å². The predicted octanol–water partition coefficient (Wildman–Crippen LogP) is 3.11. The Hall–Kier alpha value is -2.79. The van der Waals surface area contributed by atoms with E-state index in [1.807, 2.05) is 0 Å². The smallest absolute Gasteiger partial charge is 0.232 e. The zero-order chi connectivity index (χ0) is 23.1. The Morgan fingerprint density at radius 2 is 1.81 bits per heavy atom. The van der Waals surface area contributed by atoms with Crippen LogP contribution < -0.4 is 14.2 Å². The van der Waals surface area contributed by atoms with Crippen molar-refractivity contribution in [3.8, 4) is 22.8 Å². The minimum absolute atomic E-state index is 0.0157. The van der Waals surface area contributed by atoms with Gasteiger partial charge in [0.1, 0.15) is 22.0 Å². The summed E-state index contributed by atoms with van der Waals surface area (Å²) in [5.74, 6) is 0.614. The third kappa shape index (κ3) is 4.14. The van der Waals surface area contributed by atoms with Crippen LogP contribution in [0.5, 0.6) is 11.5 Å². The summed E-state index contributed by atoms with van der Waals surface area (Å²) in [6, 6.07) is 6.66. The molecule has 1 aromatic carbocycles. The lowest BCUT2D eigenvalue weighted by Crippen LogP contribution is -2.16. The van der Waals surface area contributed by atoms with Crippen LogP contribution in [0.2, 0.25) is 0 Å². The van der Waals surface area contributed by atoms with Crippen molar-refractivity contribution in [3.63, 3.8) is 0 Å². The van der Waals surface area contributed by atoms with Crippen LogP contribution in [0.25, 0.3) is 16.9 Å². The lowest BCUT2D eigenvalue weighted by atomic mass is 10.1. The number of sulfonamides is 1. The molecule has 3 aromatic rings. The molecule has 0 amide bonds. The fourth-order valence-corrected chi connectivity index (χ4v) is 6.49. The summed E-state index contributed by atoms with van der Waals surface area (Å²) in [5.41, 5.74) is 2.06. The Morgan fingerprint density at radius 1 is 1.09 bits per heavy atom. The molecule has 0 radical (unpaired) electrons. The van der Waals surface area contributed by atoms with Crippen molar-refractivity contribution in [3.05, 3.63) is 36.7 Å². The number of sulfone groups is 1. The number of ether oxygens (including phenoxy) is 2. The highest BCUT2D eigenvalue weighted by Gasteiger charge is 2.39. The molecule has 2 heterocycles. The van der Waals surface area contributed by atoms with Gasteiger partial charge < -0.3 is 9.47 Å². The molecule has 1 aliphatic rings. The highest BCUT2D eigenvalue weighted by atomic mass is 32.2. The highest BCUT2D eigenvalue weighted by Crippen LogP contribution is 2.39. The molecule has 0 bridgehead atoms. The first-order chi connectivity index (χ1) is 15.2. The molecule has 0 aliphatic heterocycles. The van der Waals surface area contributed by atoms with E-state index >= 15 is 0 Å². The molecule has 11 heteroatoms. The van der Waals surface area contributed by atoms with Crippen LogP contribution in [-0.2, 0) is 19.9 Å². The molecular formula is C21H25N3O6S2. The molecule has 0 atom stereocenters. The van der Waals surface area contributed by atoms with E-state index in [0.717, 1.165) is 0 Å². The SMILES string of the molecule is CCCS(=O)(=O)Nc1cc(-c2cnc3cc(OC)c(S(=O)(=O)C4CC4)cn23)ccc1OC. The molecule has 0 saturated heterocycles. The molecule has 2 aromatic heterocycles. The number of nitrogens with zero attached hydrogens (tertiary/aromatic N) is 2. The molecule has 4 rings (SSSR count). The third-order valence-corrected chi connectivity index (χ3v) is 9.04. The maximum Gasteiger partial charge on any atom is 0.232 e. The second-order valence-corrected chi connectivity index (χ2v) is 11.7. The maximum absolute atomic E-state index is 12.9. The van der Waals surface area contributed by atoms with Crippen LogP contribution in [0.4, 0.5) is 5.69 Å². The quantitative estimate of drug-likeness (QED) is 0.501. The zero-order valence-electron chi connectivity index (χ0n) is 18.0. The van der Waals surface area contributed by atoms with Crippen LogP contribution in [-0.4, -0.2) is 51.4 Å². The number of methoxy groups -OCH3 is 2. The standard InChI is InChI=1S/C21H25N3O6S2/c1-4-9-31(25,26)23-16-10-14(5-8-18(16)29-2)17-12-22-21-11-19(30-3)20(13-24(17)21)32(27,28)15-6-7-15/h5,8,10-13,15,23H,4,6-7,9H2,1-3H3. The number of rotatable bonds is 9. The average Bonchev–Trinajstić information content (AvgIpc) is 3.53. The van der Waals surface area contributed by atoms with Crippen LogP contribution in [0.15, 0.2) is 41.6 Å². The van der Waals surface area contributed by atoms with Gasteiger partial charge in [-0.1, -0.05) is 6.92 Å². The number of pyridine rings is 1. The van der Waals surface area contributed by atoms with Gasteiger partial charge in [0.25, 0.3) is 0 Å². The minimum atomic E-state index is -3.53. The first-order valence-electron chi connectivity index (χ1n) is 10.2. The summed E-state index contributed by atoms with van der Waals surface area (Å²) in [5, 5.41) is -0.388. The van der Waals surface area contributed by atoms with Gasteiger partial charge >= 0.3 is 0 Å². The molecule has 1 aliphatic carbocycles. The lowest BCUT2D eigenvalue weighted by Gasteiger charge is -2.14. The molecular weight excluding hydrogens is 454 g/mol. The monoisotopic (exact) mass is 479 g/mol. The van der Waals surface area contributed by atoms with E-state index in [0.29, 0.717) is 47.6 Å². The Bertz CT molecular complexity index is 1380. The second-order valence-electron chi connectivity index (χ2n) is 7.66. The number of hydrogen-bond acceptors (Lipinski definition) is 7. The molecule has 9 nitrogen and oxygen atoms in total. The number of imidazole rings is 1. The van der Waals surface area contributed by atoms with Crippen molar-refractivity contribution in [2.24, 2.45) is 0 Å². The summed E-state index contributed by atoms with van der Waals surface area (Å²) >= 11 is 0. The van der Waals surface area contributed by atoms with Crippen molar-refractivity contribution in [2.45, 2.75) is 36.3 Å².